The van der Waals surface area contributed by atoms with E-state index in [4.69, 9.17) is 0 Å². The van der Waals surface area contributed by atoms with Crippen molar-refractivity contribution in [1.82, 2.24) is 10.3 Å². The predicted octanol–water partition coefficient (Wildman–Crippen LogP) is 6.19. The second-order valence-electron chi connectivity index (χ2n) is 8.16. The number of thiophene rings is 1. The van der Waals surface area contributed by atoms with Crippen molar-refractivity contribution in [2.75, 3.05) is 4.90 Å². The van der Waals surface area contributed by atoms with Gasteiger partial charge >= 0.3 is 11.5 Å². The number of pyridine rings is 1. The van der Waals surface area contributed by atoms with E-state index in [1.54, 1.807) is 35.9 Å². The van der Waals surface area contributed by atoms with Crippen molar-refractivity contribution >= 4 is 50.8 Å². The van der Waals surface area contributed by atoms with E-state index in [0.717, 1.165) is 26.1 Å². The van der Waals surface area contributed by atoms with E-state index >= 15 is 0 Å². The molecule has 0 aliphatic carbocycles. The summed E-state index contributed by atoms with van der Waals surface area (Å²) >= 11 is 1.32. The number of thioether (sulfide) groups is 1. The summed E-state index contributed by atoms with van der Waals surface area (Å²) in [5, 5.41) is 5.91. The maximum atomic E-state index is 13.9. The summed E-state index contributed by atoms with van der Waals surface area (Å²) in [5.41, 5.74) is -3.71. The van der Waals surface area contributed by atoms with E-state index in [1.165, 1.54) is 24.3 Å². The number of hydrogen-bond acceptors (Lipinski definition) is 5. The zero-order valence-corrected chi connectivity index (χ0v) is 19.7. The molecule has 1 aliphatic heterocycles. The molecule has 0 bridgehead atoms. The minimum absolute atomic E-state index is 0.0268. The molecular weight excluding hydrogens is 495 g/mol. The van der Waals surface area contributed by atoms with Crippen LogP contribution < -0.4 is 10.2 Å². The molecule has 0 saturated carbocycles. The van der Waals surface area contributed by atoms with Gasteiger partial charge in [0.05, 0.1) is 5.69 Å². The Kier molecular flexibility index (Phi) is 6.02. The van der Waals surface area contributed by atoms with E-state index in [0.29, 0.717) is 0 Å². The van der Waals surface area contributed by atoms with Crippen LogP contribution in [0.1, 0.15) is 11.1 Å². The maximum absolute atomic E-state index is 13.9. The van der Waals surface area contributed by atoms with Gasteiger partial charge in [0, 0.05) is 34.8 Å². The van der Waals surface area contributed by atoms with Crippen LogP contribution in [0.25, 0.3) is 10.1 Å². The lowest BCUT2D eigenvalue weighted by molar-refractivity contribution is -0.122. The first kappa shape index (κ1) is 23.4. The van der Waals surface area contributed by atoms with E-state index in [-0.39, 0.29) is 35.2 Å². The first-order valence-corrected chi connectivity index (χ1v) is 12.3. The van der Waals surface area contributed by atoms with Crippen LogP contribution in [0.15, 0.2) is 83.3 Å². The van der Waals surface area contributed by atoms with Gasteiger partial charge in [0.2, 0.25) is 0 Å². The van der Waals surface area contributed by atoms with Gasteiger partial charge in [-0.25, -0.2) is 9.69 Å². The second kappa shape index (κ2) is 9.01. The van der Waals surface area contributed by atoms with Crippen molar-refractivity contribution < 1.29 is 22.8 Å². The third-order valence-electron chi connectivity index (χ3n) is 5.80. The number of carbonyl (C=O) groups excluding carboxylic acids is 2. The molecular formula is C25H18F3N3O2S2. The number of benzene rings is 2. The maximum Gasteiger partial charge on any atom is 0.446 e. The highest BCUT2D eigenvalue weighted by atomic mass is 32.2. The number of nitrogens with zero attached hydrogens (tertiary/aromatic N) is 2. The molecule has 35 heavy (non-hydrogen) atoms. The summed E-state index contributed by atoms with van der Waals surface area (Å²) in [7, 11) is 0. The van der Waals surface area contributed by atoms with Crippen molar-refractivity contribution in [2.45, 2.75) is 28.8 Å². The molecule has 3 amide bonds. The lowest BCUT2D eigenvalue weighted by atomic mass is 9.84. The smallest absolute Gasteiger partial charge is 0.322 e. The van der Waals surface area contributed by atoms with Gasteiger partial charge in [-0.15, -0.1) is 11.3 Å². The lowest BCUT2D eigenvalue weighted by Crippen LogP contribution is -2.51. The number of carbonyl (C=O) groups is 2. The number of rotatable bonds is 6. The van der Waals surface area contributed by atoms with Crippen LogP contribution in [0.2, 0.25) is 0 Å². The highest BCUT2D eigenvalue weighted by Crippen LogP contribution is 2.39. The SMILES string of the molecule is O=C1N[C@](Cc2ccncc2)(Cc2csc3ccccc23)C(=O)N1c1ccc(SC(F)(F)F)cc1. The third-order valence-corrected chi connectivity index (χ3v) is 7.55. The van der Waals surface area contributed by atoms with Crippen LogP contribution in [-0.2, 0) is 17.6 Å². The number of anilines is 1. The fourth-order valence-electron chi connectivity index (χ4n) is 4.30. The Morgan fingerprint density at radius 3 is 2.40 bits per heavy atom. The number of nitrogens with one attached hydrogen (secondary N) is 1. The molecule has 1 saturated heterocycles. The van der Waals surface area contributed by atoms with Gasteiger partial charge in [0.1, 0.15) is 5.54 Å². The number of halogens is 3. The Hall–Kier alpha value is -3.37. The fourth-order valence-corrected chi connectivity index (χ4v) is 5.80. The molecule has 0 spiro atoms. The van der Waals surface area contributed by atoms with Gasteiger partial charge in [-0.3, -0.25) is 9.78 Å². The summed E-state index contributed by atoms with van der Waals surface area (Å²) in [6, 6.07) is 16.0. The highest BCUT2D eigenvalue weighted by Gasteiger charge is 2.52. The number of urea groups is 1. The van der Waals surface area contributed by atoms with Gasteiger partial charge < -0.3 is 5.32 Å². The summed E-state index contributed by atoms with van der Waals surface area (Å²) in [6.07, 6.45) is 3.75. The molecule has 3 heterocycles. The average Bonchev–Trinajstić information content (AvgIpc) is 3.32. The molecule has 2 aromatic heterocycles. The Morgan fingerprint density at radius 2 is 1.69 bits per heavy atom. The van der Waals surface area contributed by atoms with Crippen LogP contribution in [0, 0.1) is 0 Å². The topological polar surface area (TPSA) is 62.3 Å². The average molecular weight is 514 g/mol. The van der Waals surface area contributed by atoms with Crippen molar-refractivity contribution in [3.05, 3.63) is 89.6 Å². The van der Waals surface area contributed by atoms with E-state index < -0.39 is 23.0 Å². The van der Waals surface area contributed by atoms with Crippen LogP contribution >= 0.6 is 23.1 Å². The molecule has 1 N–H and O–H groups in total. The number of amides is 3. The molecule has 2 aromatic carbocycles. The Morgan fingerprint density at radius 1 is 0.971 bits per heavy atom. The zero-order valence-electron chi connectivity index (χ0n) is 18.1. The van der Waals surface area contributed by atoms with Crippen LogP contribution in [0.4, 0.5) is 23.7 Å². The molecule has 1 aliphatic rings. The summed E-state index contributed by atoms with van der Waals surface area (Å²) in [6.45, 7) is 0. The summed E-state index contributed by atoms with van der Waals surface area (Å²) in [5.74, 6) is -0.453. The number of alkyl halides is 3. The molecule has 10 heteroatoms. The van der Waals surface area contributed by atoms with Crippen molar-refractivity contribution in [2.24, 2.45) is 0 Å². The number of fused-ring (bicyclic) bond motifs is 1. The lowest BCUT2D eigenvalue weighted by Gasteiger charge is -2.27. The first-order chi connectivity index (χ1) is 16.7. The molecule has 5 rings (SSSR count). The van der Waals surface area contributed by atoms with Gasteiger partial charge in [0.25, 0.3) is 5.91 Å². The van der Waals surface area contributed by atoms with E-state index in [1.807, 2.05) is 29.6 Å². The molecule has 5 nitrogen and oxygen atoms in total. The predicted molar refractivity (Wildman–Crippen MR) is 131 cm³/mol. The van der Waals surface area contributed by atoms with Gasteiger partial charge in [-0.2, -0.15) is 13.2 Å². The highest BCUT2D eigenvalue weighted by molar-refractivity contribution is 8.00. The number of imide groups is 1. The van der Waals surface area contributed by atoms with Crippen LogP contribution in [-0.4, -0.2) is 28.0 Å². The van der Waals surface area contributed by atoms with Crippen LogP contribution in [0.3, 0.4) is 0 Å². The van der Waals surface area contributed by atoms with Crippen molar-refractivity contribution in [3.8, 4) is 0 Å². The van der Waals surface area contributed by atoms with E-state index in [9.17, 15) is 22.8 Å². The number of hydrogen-bond donors (Lipinski definition) is 1. The minimum Gasteiger partial charge on any atom is -0.322 e. The summed E-state index contributed by atoms with van der Waals surface area (Å²) in [4.78, 5) is 32.0. The van der Waals surface area contributed by atoms with Gasteiger partial charge in [0.15, 0.2) is 0 Å². The van der Waals surface area contributed by atoms with Gasteiger partial charge in [-0.1, -0.05) is 18.2 Å². The molecule has 178 valence electrons. The Labute approximate surface area is 207 Å². The fraction of sp³-hybridized carbons (Fsp3) is 0.160. The second-order valence-corrected chi connectivity index (χ2v) is 10.2. The largest absolute Gasteiger partial charge is 0.446 e. The van der Waals surface area contributed by atoms with Crippen molar-refractivity contribution in [1.29, 1.82) is 0 Å². The zero-order chi connectivity index (χ0) is 24.6. The normalized spacial score (nSPS) is 18.3. The standard InChI is InChI=1S/C25H18F3N3O2S2/c26-25(27,28)35-19-7-5-18(6-8-19)31-22(32)24(30-23(31)33,13-16-9-11-29-12-10-16)14-17-15-34-21-4-2-1-3-20(17)21/h1-12,15H,13-14H2,(H,30,33)/t24-/m1/s1. The molecule has 4 aromatic rings. The summed E-state index contributed by atoms with van der Waals surface area (Å²) < 4.78 is 39.2. The van der Waals surface area contributed by atoms with Crippen LogP contribution in [0.5, 0.6) is 0 Å². The molecule has 0 unspecified atom stereocenters. The monoisotopic (exact) mass is 513 g/mol. The molecule has 1 fully saturated rings. The Bertz CT molecular complexity index is 1390. The minimum atomic E-state index is -4.43. The van der Waals surface area contributed by atoms with Gasteiger partial charge in [-0.05, 0) is 76.1 Å². The molecule has 1 atom stereocenters. The molecule has 0 radical (unpaired) electrons. The number of aromatic nitrogens is 1. The van der Waals surface area contributed by atoms with E-state index in [2.05, 4.69) is 10.3 Å². The van der Waals surface area contributed by atoms with Crippen molar-refractivity contribution in [3.63, 3.8) is 0 Å². The quantitative estimate of drug-likeness (QED) is 0.247. The first-order valence-electron chi connectivity index (χ1n) is 10.6. The Balaban J connectivity index is 1.51. The third kappa shape index (κ3) is 4.76.